The predicted octanol–water partition coefficient (Wildman–Crippen LogP) is -0.0121. The van der Waals surface area contributed by atoms with Crippen molar-refractivity contribution in [2.75, 3.05) is 20.2 Å². The molecule has 0 fully saturated rings. The maximum atomic E-state index is 11.5. The van der Waals surface area contributed by atoms with Gasteiger partial charge in [0.25, 0.3) is 0 Å². The van der Waals surface area contributed by atoms with Gasteiger partial charge in [-0.1, -0.05) is 13.8 Å². The average Bonchev–Trinajstić information content (AvgIpc) is 2.15. The minimum atomic E-state index is -0.239. The van der Waals surface area contributed by atoms with E-state index in [2.05, 4.69) is 5.32 Å². The van der Waals surface area contributed by atoms with Gasteiger partial charge >= 0.3 is 0 Å². The number of hydrogen-bond donors (Lipinski definition) is 2. The Balaban J connectivity index is 4.05. The second kappa shape index (κ2) is 7.22. The Hall–Kier alpha value is -1.10. The van der Waals surface area contributed by atoms with Crippen LogP contribution in [0.2, 0.25) is 0 Å². The molecule has 0 rings (SSSR count). The highest BCUT2D eigenvalue weighted by Crippen LogP contribution is 2.03. The van der Waals surface area contributed by atoms with E-state index >= 15 is 0 Å². The molecule has 2 amide bonds. The summed E-state index contributed by atoms with van der Waals surface area (Å²) in [6.07, 6.45) is 0.728. The lowest BCUT2D eigenvalue weighted by Gasteiger charge is -2.20. The molecule has 0 spiro atoms. The van der Waals surface area contributed by atoms with Gasteiger partial charge in [0.2, 0.25) is 11.8 Å². The van der Waals surface area contributed by atoms with Crippen LogP contribution in [0.15, 0.2) is 0 Å². The van der Waals surface area contributed by atoms with E-state index < -0.39 is 0 Å². The molecule has 0 radical (unpaired) electrons. The van der Waals surface area contributed by atoms with Gasteiger partial charge in [0.05, 0.1) is 19.2 Å². The summed E-state index contributed by atoms with van der Waals surface area (Å²) in [6, 6.07) is -0.229. The van der Waals surface area contributed by atoms with Gasteiger partial charge in [0.15, 0.2) is 0 Å². The van der Waals surface area contributed by atoms with Gasteiger partial charge in [-0.15, -0.1) is 0 Å². The Morgan fingerprint density at radius 2 is 1.94 bits per heavy atom. The van der Waals surface area contributed by atoms with Crippen molar-refractivity contribution in [2.45, 2.75) is 33.2 Å². The van der Waals surface area contributed by atoms with Crippen LogP contribution in [0.1, 0.15) is 27.2 Å². The van der Waals surface area contributed by atoms with Crippen molar-refractivity contribution in [1.29, 1.82) is 0 Å². The summed E-state index contributed by atoms with van der Waals surface area (Å²) < 4.78 is 0. The summed E-state index contributed by atoms with van der Waals surface area (Å²) in [5.41, 5.74) is 0. The van der Waals surface area contributed by atoms with Crippen LogP contribution in [0.3, 0.4) is 0 Å². The monoisotopic (exact) mass is 230 g/mol. The van der Waals surface area contributed by atoms with Crippen molar-refractivity contribution in [3.8, 4) is 0 Å². The standard InChI is InChI=1S/C11H22N2O3/c1-8(2)5-10(7-14)12-11(16)6-13(4)9(3)15/h8,10,14H,5-7H2,1-4H3,(H,12,16). The predicted molar refractivity (Wildman–Crippen MR) is 61.8 cm³/mol. The number of nitrogens with zero attached hydrogens (tertiary/aromatic N) is 1. The van der Waals surface area contributed by atoms with Crippen molar-refractivity contribution < 1.29 is 14.7 Å². The SMILES string of the molecule is CC(=O)N(C)CC(=O)NC(CO)CC(C)C. The molecule has 1 unspecified atom stereocenters. The van der Waals surface area contributed by atoms with E-state index in [1.165, 1.54) is 11.8 Å². The van der Waals surface area contributed by atoms with E-state index in [1.807, 2.05) is 13.8 Å². The third-order valence-corrected chi connectivity index (χ3v) is 2.26. The molecule has 0 aromatic carbocycles. The lowest BCUT2D eigenvalue weighted by molar-refractivity contribution is -0.133. The van der Waals surface area contributed by atoms with Crippen LogP contribution in [0, 0.1) is 5.92 Å². The first-order valence-corrected chi connectivity index (χ1v) is 5.48. The normalized spacial score (nSPS) is 12.4. The van der Waals surface area contributed by atoms with Crippen LogP contribution >= 0.6 is 0 Å². The van der Waals surface area contributed by atoms with Crippen molar-refractivity contribution in [3.05, 3.63) is 0 Å². The van der Waals surface area contributed by atoms with Crippen LogP contribution in [0.5, 0.6) is 0 Å². The smallest absolute Gasteiger partial charge is 0.239 e. The number of aliphatic hydroxyl groups excluding tert-OH is 1. The molecular formula is C11H22N2O3. The summed E-state index contributed by atoms with van der Waals surface area (Å²) in [5.74, 6) is 0.0138. The number of carbonyl (C=O) groups is 2. The second-order valence-corrected chi connectivity index (χ2v) is 4.45. The first-order valence-electron chi connectivity index (χ1n) is 5.48. The third-order valence-electron chi connectivity index (χ3n) is 2.26. The molecule has 16 heavy (non-hydrogen) atoms. The Morgan fingerprint density at radius 3 is 2.31 bits per heavy atom. The van der Waals surface area contributed by atoms with E-state index in [0.29, 0.717) is 5.92 Å². The van der Waals surface area contributed by atoms with Gasteiger partial charge < -0.3 is 15.3 Å². The van der Waals surface area contributed by atoms with Crippen LogP contribution in [-0.2, 0) is 9.59 Å². The van der Waals surface area contributed by atoms with Crippen molar-refractivity contribution >= 4 is 11.8 Å². The molecule has 5 nitrogen and oxygen atoms in total. The molecule has 1 atom stereocenters. The zero-order valence-corrected chi connectivity index (χ0v) is 10.5. The summed E-state index contributed by atoms with van der Waals surface area (Å²) in [5, 5.41) is 11.8. The molecular weight excluding hydrogens is 208 g/mol. The highest BCUT2D eigenvalue weighted by Gasteiger charge is 2.15. The molecule has 0 saturated carbocycles. The maximum absolute atomic E-state index is 11.5. The lowest BCUT2D eigenvalue weighted by atomic mass is 10.0. The fourth-order valence-electron chi connectivity index (χ4n) is 1.35. The molecule has 0 bridgehead atoms. The quantitative estimate of drug-likeness (QED) is 0.674. The van der Waals surface area contributed by atoms with Crippen molar-refractivity contribution in [1.82, 2.24) is 10.2 Å². The second-order valence-electron chi connectivity index (χ2n) is 4.45. The summed E-state index contributed by atoms with van der Waals surface area (Å²) in [6.45, 7) is 5.41. The van der Waals surface area contributed by atoms with E-state index in [0.717, 1.165) is 6.42 Å². The molecule has 5 heteroatoms. The molecule has 0 aromatic rings. The molecule has 0 aliphatic carbocycles. The number of hydrogen-bond acceptors (Lipinski definition) is 3. The van der Waals surface area contributed by atoms with E-state index in [-0.39, 0.29) is 31.0 Å². The lowest BCUT2D eigenvalue weighted by Crippen LogP contribution is -2.44. The van der Waals surface area contributed by atoms with Crippen molar-refractivity contribution in [3.63, 3.8) is 0 Å². The fraction of sp³-hybridized carbons (Fsp3) is 0.818. The average molecular weight is 230 g/mol. The van der Waals surface area contributed by atoms with Gasteiger partial charge in [0, 0.05) is 14.0 Å². The summed E-state index contributed by atoms with van der Waals surface area (Å²) in [4.78, 5) is 23.7. The summed E-state index contributed by atoms with van der Waals surface area (Å²) >= 11 is 0. The zero-order chi connectivity index (χ0) is 12.7. The topological polar surface area (TPSA) is 69.6 Å². The largest absolute Gasteiger partial charge is 0.394 e. The first kappa shape index (κ1) is 14.9. The number of rotatable bonds is 6. The molecule has 0 heterocycles. The fourth-order valence-corrected chi connectivity index (χ4v) is 1.35. The minimum absolute atomic E-state index is 0.0317. The number of aliphatic hydroxyl groups is 1. The van der Waals surface area contributed by atoms with Gasteiger partial charge in [-0.3, -0.25) is 9.59 Å². The van der Waals surface area contributed by atoms with E-state index in [1.54, 1.807) is 7.05 Å². The highest BCUT2D eigenvalue weighted by molar-refractivity contribution is 5.83. The molecule has 0 aliphatic rings. The number of likely N-dealkylation sites (N-methyl/N-ethyl adjacent to an activating group) is 1. The van der Waals surface area contributed by atoms with Crippen LogP contribution in [0.25, 0.3) is 0 Å². The van der Waals surface area contributed by atoms with Crippen LogP contribution in [-0.4, -0.2) is 48.1 Å². The van der Waals surface area contributed by atoms with Gasteiger partial charge in [-0.05, 0) is 12.3 Å². The molecule has 0 saturated heterocycles. The Bertz CT molecular complexity index is 241. The van der Waals surface area contributed by atoms with Crippen LogP contribution < -0.4 is 5.32 Å². The Labute approximate surface area is 96.8 Å². The summed E-state index contributed by atoms with van der Waals surface area (Å²) in [7, 11) is 1.57. The Morgan fingerprint density at radius 1 is 1.38 bits per heavy atom. The number of carbonyl (C=O) groups excluding carboxylic acids is 2. The van der Waals surface area contributed by atoms with Crippen LogP contribution in [0.4, 0.5) is 0 Å². The molecule has 0 aliphatic heterocycles. The van der Waals surface area contributed by atoms with Gasteiger partial charge in [0.1, 0.15) is 0 Å². The Kier molecular flexibility index (Phi) is 6.72. The number of amides is 2. The highest BCUT2D eigenvalue weighted by atomic mass is 16.3. The molecule has 2 N–H and O–H groups in total. The van der Waals surface area contributed by atoms with Crippen molar-refractivity contribution in [2.24, 2.45) is 5.92 Å². The van der Waals surface area contributed by atoms with Gasteiger partial charge in [-0.2, -0.15) is 0 Å². The third kappa shape index (κ3) is 6.40. The maximum Gasteiger partial charge on any atom is 0.239 e. The van der Waals surface area contributed by atoms with E-state index in [9.17, 15) is 9.59 Å². The molecule has 0 aromatic heterocycles. The van der Waals surface area contributed by atoms with E-state index in [4.69, 9.17) is 5.11 Å². The number of nitrogens with one attached hydrogen (secondary N) is 1. The zero-order valence-electron chi connectivity index (χ0n) is 10.5. The first-order chi connectivity index (χ1) is 7.36. The molecule has 94 valence electrons. The van der Waals surface area contributed by atoms with Gasteiger partial charge in [-0.25, -0.2) is 0 Å². The minimum Gasteiger partial charge on any atom is -0.394 e.